The fourth-order valence-electron chi connectivity index (χ4n) is 2.66. The number of rotatable bonds is 5. The molecule has 4 heteroatoms. The van der Waals surface area contributed by atoms with Gasteiger partial charge in [-0.2, -0.15) is 0 Å². The molecule has 1 fully saturated rings. The van der Waals surface area contributed by atoms with Crippen molar-refractivity contribution in [3.8, 4) is 0 Å². The Balaban J connectivity index is 1.73. The minimum Gasteiger partial charge on any atom is -0.378 e. The molecule has 116 valence electrons. The van der Waals surface area contributed by atoms with Gasteiger partial charge in [-0.1, -0.05) is 12.1 Å². The molecule has 2 N–H and O–H groups in total. The van der Waals surface area contributed by atoms with E-state index >= 15 is 0 Å². The summed E-state index contributed by atoms with van der Waals surface area (Å²) in [6.07, 6.45) is 5.93. The first kappa shape index (κ1) is 15.7. The number of aryl methyl sites for hydroxylation is 1. The number of hydrogen-bond acceptors (Lipinski definition) is 2. The molecule has 2 rings (SSSR count). The number of aliphatic imine (C=N–C) groups is 1. The van der Waals surface area contributed by atoms with Gasteiger partial charge in [-0.05, 0) is 49.8 Å². The molecule has 0 radical (unpaired) electrons. The first-order valence-electron chi connectivity index (χ1n) is 7.98. The van der Waals surface area contributed by atoms with Gasteiger partial charge in [-0.15, -0.1) is 0 Å². The van der Waals surface area contributed by atoms with E-state index in [1.165, 1.54) is 30.5 Å². The molecule has 0 aliphatic carbocycles. The van der Waals surface area contributed by atoms with Crippen LogP contribution in [0.3, 0.4) is 0 Å². The van der Waals surface area contributed by atoms with Gasteiger partial charge in [0.2, 0.25) is 0 Å². The summed E-state index contributed by atoms with van der Waals surface area (Å²) < 4.78 is 0. The predicted molar refractivity (Wildman–Crippen MR) is 91.0 cm³/mol. The predicted octanol–water partition coefficient (Wildman–Crippen LogP) is 2.49. The van der Waals surface area contributed by atoms with Crippen LogP contribution in [0.1, 0.15) is 31.2 Å². The molecule has 1 aliphatic heterocycles. The zero-order valence-electron chi connectivity index (χ0n) is 13.4. The second-order valence-corrected chi connectivity index (χ2v) is 5.95. The quantitative estimate of drug-likeness (QED) is 0.514. The Kier molecular flexibility index (Phi) is 5.90. The van der Waals surface area contributed by atoms with Crippen LogP contribution in [-0.4, -0.2) is 44.6 Å². The molecular formula is C17H28N4. The third kappa shape index (κ3) is 4.96. The molecule has 1 aromatic rings. The Hall–Kier alpha value is -1.71. The van der Waals surface area contributed by atoms with Crippen LogP contribution in [0.2, 0.25) is 0 Å². The maximum absolute atomic E-state index is 6.05. The normalized spacial score (nSPS) is 16.1. The van der Waals surface area contributed by atoms with E-state index in [0.717, 1.165) is 38.4 Å². The van der Waals surface area contributed by atoms with Crippen LogP contribution in [0.4, 0.5) is 5.69 Å². The summed E-state index contributed by atoms with van der Waals surface area (Å²) in [6.45, 7) is 2.96. The molecule has 0 bridgehead atoms. The van der Waals surface area contributed by atoms with E-state index in [0.29, 0.717) is 0 Å². The molecule has 0 amide bonds. The molecule has 1 aliphatic rings. The summed E-state index contributed by atoms with van der Waals surface area (Å²) in [5, 5.41) is 0. The summed E-state index contributed by atoms with van der Waals surface area (Å²) in [7, 11) is 4.13. The number of likely N-dealkylation sites (tertiary alicyclic amines) is 1. The van der Waals surface area contributed by atoms with Gasteiger partial charge in [0.25, 0.3) is 0 Å². The average Bonchev–Trinajstić information content (AvgIpc) is 2.52. The number of anilines is 1. The Bertz CT molecular complexity index is 444. The second kappa shape index (κ2) is 7.91. The number of nitrogens with two attached hydrogens (primary N) is 1. The summed E-state index contributed by atoms with van der Waals surface area (Å²) >= 11 is 0. The van der Waals surface area contributed by atoms with Gasteiger partial charge in [0.1, 0.15) is 0 Å². The van der Waals surface area contributed by atoms with E-state index in [1.807, 2.05) is 0 Å². The first-order chi connectivity index (χ1) is 10.2. The molecule has 0 aromatic heterocycles. The molecule has 1 heterocycles. The van der Waals surface area contributed by atoms with E-state index in [1.54, 1.807) is 0 Å². The van der Waals surface area contributed by atoms with Crippen molar-refractivity contribution in [3.05, 3.63) is 29.8 Å². The molecule has 21 heavy (non-hydrogen) atoms. The summed E-state index contributed by atoms with van der Waals surface area (Å²) in [5.74, 6) is 0.734. The highest BCUT2D eigenvalue weighted by Crippen LogP contribution is 2.13. The van der Waals surface area contributed by atoms with E-state index in [4.69, 9.17) is 5.73 Å². The van der Waals surface area contributed by atoms with E-state index in [2.05, 4.69) is 53.2 Å². The Labute approximate surface area is 128 Å². The number of piperidine rings is 1. The van der Waals surface area contributed by atoms with E-state index in [9.17, 15) is 0 Å². The fraction of sp³-hybridized carbons (Fsp3) is 0.588. The lowest BCUT2D eigenvalue weighted by Crippen LogP contribution is -2.40. The van der Waals surface area contributed by atoms with Crippen molar-refractivity contribution in [2.24, 2.45) is 10.7 Å². The third-order valence-electron chi connectivity index (χ3n) is 4.03. The number of benzene rings is 1. The molecule has 0 saturated carbocycles. The second-order valence-electron chi connectivity index (χ2n) is 5.95. The van der Waals surface area contributed by atoms with Crippen molar-refractivity contribution in [3.63, 3.8) is 0 Å². The molecule has 0 atom stereocenters. The van der Waals surface area contributed by atoms with Crippen LogP contribution in [0, 0.1) is 0 Å². The van der Waals surface area contributed by atoms with Gasteiger partial charge < -0.3 is 15.5 Å². The van der Waals surface area contributed by atoms with Crippen LogP contribution < -0.4 is 10.6 Å². The van der Waals surface area contributed by atoms with Crippen molar-refractivity contribution < 1.29 is 0 Å². The van der Waals surface area contributed by atoms with Gasteiger partial charge in [-0.25, -0.2) is 0 Å². The van der Waals surface area contributed by atoms with Crippen molar-refractivity contribution >= 4 is 11.6 Å². The zero-order valence-corrected chi connectivity index (χ0v) is 13.4. The fourth-order valence-corrected chi connectivity index (χ4v) is 2.66. The van der Waals surface area contributed by atoms with E-state index in [-0.39, 0.29) is 0 Å². The van der Waals surface area contributed by atoms with Gasteiger partial charge in [-0.3, -0.25) is 4.99 Å². The van der Waals surface area contributed by atoms with Crippen LogP contribution >= 0.6 is 0 Å². The first-order valence-corrected chi connectivity index (χ1v) is 7.98. The Morgan fingerprint density at radius 2 is 1.81 bits per heavy atom. The van der Waals surface area contributed by atoms with E-state index < -0.39 is 0 Å². The topological polar surface area (TPSA) is 44.9 Å². The van der Waals surface area contributed by atoms with Crippen LogP contribution in [-0.2, 0) is 6.42 Å². The summed E-state index contributed by atoms with van der Waals surface area (Å²) in [4.78, 5) is 8.86. The van der Waals surface area contributed by atoms with Crippen LogP contribution in [0.5, 0.6) is 0 Å². The largest absolute Gasteiger partial charge is 0.378 e. The number of nitrogens with zero attached hydrogens (tertiary/aromatic N) is 3. The lowest BCUT2D eigenvalue weighted by atomic mass is 10.1. The van der Waals surface area contributed by atoms with Crippen molar-refractivity contribution in [2.75, 3.05) is 38.6 Å². The average molecular weight is 288 g/mol. The van der Waals surface area contributed by atoms with Crippen LogP contribution in [0.15, 0.2) is 29.3 Å². The SMILES string of the molecule is CN(C)c1ccc(CCCN=C(N)N2CCCCC2)cc1. The minimum atomic E-state index is 0.734. The monoisotopic (exact) mass is 288 g/mol. The zero-order chi connectivity index (χ0) is 15.1. The van der Waals surface area contributed by atoms with Gasteiger partial charge in [0.05, 0.1) is 0 Å². The van der Waals surface area contributed by atoms with Gasteiger partial charge >= 0.3 is 0 Å². The number of guanidine groups is 1. The maximum Gasteiger partial charge on any atom is 0.191 e. The summed E-state index contributed by atoms with van der Waals surface area (Å²) in [5.41, 5.74) is 8.66. The molecule has 0 unspecified atom stereocenters. The highest BCUT2D eigenvalue weighted by atomic mass is 15.2. The molecule has 4 nitrogen and oxygen atoms in total. The molecular weight excluding hydrogens is 260 g/mol. The summed E-state index contributed by atoms with van der Waals surface area (Å²) in [6, 6.07) is 8.74. The Morgan fingerprint density at radius 1 is 1.14 bits per heavy atom. The molecule has 1 aromatic carbocycles. The standard InChI is InChI=1S/C17H28N4/c1-20(2)16-10-8-15(9-11-16)7-6-12-19-17(18)21-13-4-3-5-14-21/h8-11H,3-7,12-14H2,1-2H3,(H2,18,19). The number of hydrogen-bond donors (Lipinski definition) is 1. The molecule has 0 spiro atoms. The van der Waals surface area contributed by atoms with Crippen LogP contribution in [0.25, 0.3) is 0 Å². The van der Waals surface area contributed by atoms with Crippen molar-refractivity contribution in [1.82, 2.24) is 4.90 Å². The highest BCUT2D eigenvalue weighted by molar-refractivity contribution is 5.78. The lowest BCUT2D eigenvalue weighted by molar-refractivity contribution is 0.338. The third-order valence-corrected chi connectivity index (χ3v) is 4.03. The minimum absolute atomic E-state index is 0.734. The highest BCUT2D eigenvalue weighted by Gasteiger charge is 2.11. The van der Waals surface area contributed by atoms with Gasteiger partial charge in [0.15, 0.2) is 5.96 Å². The molecule has 1 saturated heterocycles. The van der Waals surface area contributed by atoms with Crippen molar-refractivity contribution in [1.29, 1.82) is 0 Å². The van der Waals surface area contributed by atoms with Crippen molar-refractivity contribution in [2.45, 2.75) is 32.1 Å². The smallest absolute Gasteiger partial charge is 0.191 e. The Morgan fingerprint density at radius 3 is 2.43 bits per heavy atom. The van der Waals surface area contributed by atoms with Gasteiger partial charge in [0, 0.05) is 39.4 Å². The lowest BCUT2D eigenvalue weighted by Gasteiger charge is -2.27. The maximum atomic E-state index is 6.05.